The third-order valence-corrected chi connectivity index (χ3v) is 8.43. The standard InChI is InChI=1S/C14H20ClFO2S.C14H20ClFOS/c1-3-5-6-7-8-18-13-10-14(19(17)4-2)11(15)9-12(13)16;1-3-5-6-7-8-17-13-10-14(18-4-2)11(15)9-12(13)16/h9-10H,3-8H2,1-2H3;9-10H,3-8H2,1-2H3. The van der Waals surface area contributed by atoms with Crippen molar-refractivity contribution in [2.24, 2.45) is 0 Å². The van der Waals surface area contributed by atoms with Crippen molar-refractivity contribution in [1.82, 2.24) is 0 Å². The average Bonchev–Trinajstić information content (AvgIpc) is 2.87. The van der Waals surface area contributed by atoms with Crippen LogP contribution in [0.2, 0.25) is 10.0 Å². The van der Waals surface area contributed by atoms with E-state index in [2.05, 4.69) is 13.8 Å². The monoisotopic (exact) mass is 596 g/mol. The average molecular weight is 598 g/mol. The van der Waals surface area contributed by atoms with Crippen LogP contribution in [0, 0.1) is 11.6 Å². The van der Waals surface area contributed by atoms with Crippen LogP contribution in [0.25, 0.3) is 0 Å². The molecular formula is C28H40Cl2F2O3S2. The smallest absolute Gasteiger partial charge is 0.166 e. The minimum atomic E-state index is -1.21. The summed E-state index contributed by atoms with van der Waals surface area (Å²) in [4.78, 5) is 1.32. The molecule has 0 N–H and O–H groups in total. The van der Waals surface area contributed by atoms with Crippen LogP contribution in [0.1, 0.15) is 79.1 Å². The van der Waals surface area contributed by atoms with Gasteiger partial charge in [0.25, 0.3) is 0 Å². The van der Waals surface area contributed by atoms with Crippen LogP contribution >= 0.6 is 35.0 Å². The largest absolute Gasteiger partial charge is 0.490 e. The number of thioether (sulfide) groups is 1. The quantitative estimate of drug-likeness (QED) is 0.143. The molecule has 1 atom stereocenters. The number of rotatable bonds is 16. The molecule has 0 aliphatic heterocycles. The zero-order valence-electron chi connectivity index (χ0n) is 22.3. The van der Waals surface area contributed by atoms with Gasteiger partial charge in [0, 0.05) is 16.7 Å². The fraction of sp³-hybridized carbons (Fsp3) is 0.571. The van der Waals surface area contributed by atoms with Gasteiger partial charge < -0.3 is 9.47 Å². The lowest BCUT2D eigenvalue weighted by Crippen LogP contribution is -2.02. The van der Waals surface area contributed by atoms with Crippen molar-refractivity contribution in [2.75, 3.05) is 24.7 Å². The summed E-state index contributed by atoms with van der Waals surface area (Å²) in [6, 6.07) is 5.66. The lowest BCUT2D eigenvalue weighted by molar-refractivity contribution is 0.289. The number of unbranched alkanes of at least 4 members (excludes halogenated alkanes) is 6. The summed E-state index contributed by atoms with van der Waals surface area (Å²) in [7, 11) is -1.21. The first-order valence-electron chi connectivity index (χ1n) is 13.0. The van der Waals surface area contributed by atoms with Crippen molar-refractivity contribution < 1.29 is 22.5 Å². The fourth-order valence-corrected chi connectivity index (χ4v) is 5.51. The second-order valence-electron chi connectivity index (χ2n) is 8.31. The molecule has 1 unspecified atom stereocenters. The minimum Gasteiger partial charge on any atom is -0.490 e. The van der Waals surface area contributed by atoms with E-state index in [-0.39, 0.29) is 16.6 Å². The summed E-state index contributed by atoms with van der Waals surface area (Å²) in [6.07, 6.45) is 8.73. The highest BCUT2D eigenvalue weighted by molar-refractivity contribution is 7.99. The van der Waals surface area contributed by atoms with Crippen molar-refractivity contribution >= 4 is 45.8 Å². The zero-order chi connectivity index (χ0) is 27.6. The van der Waals surface area contributed by atoms with E-state index in [0.717, 1.165) is 49.2 Å². The highest BCUT2D eigenvalue weighted by Crippen LogP contribution is 2.33. The van der Waals surface area contributed by atoms with Crippen molar-refractivity contribution in [3.8, 4) is 11.5 Å². The molecule has 0 fully saturated rings. The third kappa shape index (κ3) is 13.1. The van der Waals surface area contributed by atoms with Crippen molar-refractivity contribution in [1.29, 1.82) is 0 Å². The molecule has 0 amide bonds. The van der Waals surface area contributed by atoms with Gasteiger partial charge in [-0.1, -0.05) is 89.4 Å². The van der Waals surface area contributed by atoms with Gasteiger partial charge in [0.05, 0.1) is 39.0 Å². The van der Waals surface area contributed by atoms with Gasteiger partial charge in [0.2, 0.25) is 0 Å². The molecule has 2 rings (SSSR count). The Hall–Kier alpha value is -1.02. The third-order valence-electron chi connectivity index (χ3n) is 5.29. The van der Waals surface area contributed by atoms with Gasteiger partial charge >= 0.3 is 0 Å². The van der Waals surface area contributed by atoms with Gasteiger partial charge in [-0.2, -0.15) is 0 Å². The van der Waals surface area contributed by atoms with E-state index in [1.807, 2.05) is 6.92 Å². The second kappa shape index (κ2) is 20.0. The zero-order valence-corrected chi connectivity index (χ0v) is 25.5. The Labute approximate surface area is 238 Å². The molecule has 0 bridgehead atoms. The predicted molar refractivity (Wildman–Crippen MR) is 155 cm³/mol. The first-order valence-corrected chi connectivity index (χ1v) is 16.1. The number of halogens is 4. The van der Waals surface area contributed by atoms with Gasteiger partial charge in [-0.05, 0) is 36.8 Å². The highest BCUT2D eigenvalue weighted by atomic mass is 35.5. The van der Waals surface area contributed by atoms with Crippen LogP contribution < -0.4 is 9.47 Å². The lowest BCUT2D eigenvalue weighted by Gasteiger charge is -2.10. The molecule has 0 spiro atoms. The first kappa shape index (κ1) is 34.0. The molecule has 0 radical (unpaired) electrons. The van der Waals surface area contributed by atoms with E-state index >= 15 is 0 Å². The highest BCUT2D eigenvalue weighted by Gasteiger charge is 2.14. The van der Waals surface area contributed by atoms with Gasteiger partial charge in [-0.15, -0.1) is 11.8 Å². The first-order chi connectivity index (χ1) is 17.8. The van der Waals surface area contributed by atoms with Crippen LogP contribution in [0.15, 0.2) is 34.1 Å². The second-order valence-corrected chi connectivity index (χ2v) is 12.1. The molecule has 0 heterocycles. The molecule has 2 aromatic carbocycles. The molecule has 2 aromatic rings. The lowest BCUT2D eigenvalue weighted by atomic mass is 10.2. The Bertz CT molecular complexity index is 962. The molecule has 37 heavy (non-hydrogen) atoms. The molecular weight excluding hydrogens is 557 g/mol. The maximum absolute atomic E-state index is 13.7. The number of hydrogen-bond donors (Lipinski definition) is 0. The summed E-state index contributed by atoms with van der Waals surface area (Å²) in [5, 5.41) is 0.647. The van der Waals surface area contributed by atoms with E-state index in [9.17, 15) is 13.0 Å². The SMILES string of the molecule is CCCCCCOc1cc(S(=O)CC)c(Cl)cc1F.CCCCCCOc1cc(SCC)c(Cl)cc1F. The van der Waals surface area contributed by atoms with Crippen molar-refractivity contribution in [3.63, 3.8) is 0 Å². The van der Waals surface area contributed by atoms with Gasteiger partial charge in [0.1, 0.15) is 0 Å². The minimum absolute atomic E-state index is 0.137. The topological polar surface area (TPSA) is 35.5 Å². The molecule has 0 aliphatic carbocycles. The molecule has 0 aliphatic rings. The summed E-state index contributed by atoms with van der Waals surface area (Å²) in [5.74, 6) is 0.917. The summed E-state index contributed by atoms with van der Waals surface area (Å²) >= 11 is 13.4. The number of benzene rings is 2. The Morgan fingerprint density at radius 1 is 0.757 bits per heavy atom. The maximum atomic E-state index is 13.7. The normalized spacial score (nSPS) is 11.6. The number of ether oxygens (including phenoxy) is 2. The summed E-state index contributed by atoms with van der Waals surface area (Å²) < 4.78 is 49.9. The summed E-state index contributed by atoms with van der Waals surface area (Å²) in [6.45, 7) is 9.16. The molecule has 0 saturated carbocycles. The Morgan fingerprint density at radius 3 is 1.76 bits per heavy atom. The van der Waals surface area contributed by atoms with Crippen molar-refractivity contribution in [3.05, 3.63) is 45.9 Å². The van der Waals surface area contributed by atoms with E-state index in [1.54, 1.807) is 24.8 Å². The van der Waals surface area contributed by atoms with Crippen LogP contribution in [-0.2, 0) is 10.8 Å². The molecule has 210 valence electrons. The van der Waals surface area contributed by atoms with Gasteiger partial charge in [-0.25, -0.2) is 8.78 Å². The molecule has 3 nitrogen and oxygen atoms in total. The molecule has 0 saturated heterocycles. The Morgan fingerprint density at radius 2 is 1.27 bits per heavy atom. The fourth-order valence-electron chi connectivity index (χ4n) is 3.26. The number of hydrogen-bond acceptors (Lipinski definition) is 4. The molecule has 0 aromatic heterocycles. The Balaban J connectivity index is 0.000000371. The van der Waals surface area contributed by atoms with Crippen LogP contribution in [0.5, 0.6) is 11.5 Å². The maximum Gasteiger partial charge on any atom is 0.166 e. The Kier molecular flexibility index (Phi) is 18.3. The predicted octanol–water partition coefficient (Wildman–Crippen LogP) is 10.1. The van der Waals surface area contributed by atoms with E-state index in [4.69, 9.17) is 32.7 Å². The van der Waals surface area contributed by atoms with Crippen molar-refractivity contribution in [2.45, 2.75) is 88.9 Å². The van der Waals surface area contributed by atoms with Gasteiger partial charge in [-0.3, -0.25) is 4.21 Å². The van der Waals surface area contributed by atoms with Crippen LogP contribution in [-0.4, -0.2) is 28.9 Å². The van der Waals surface area contributed by atoms with E-state index < -0.39 is 16.6 Å². The summed E-state index contributed by atoms with van der Waals surface area (Å²) in [5.41, 5.74) is 0. The van der Waals surface area contributed by atoms with Crippen LogP contribution in [0.4, 0.5) is 8.78 Å². The van der Waals surface area contributed by atoms with Gasteiger partial charge in [0.15, 0.2) is 23.1 Å². The molecule has 9 heteroatoms. The van der Waals surface area contributed by atoms with Crippen LogP contribution in [0.3, 0.4) is 0 Å². The van der Waals surface area contributed by atoms with E-state index in [0.29, 0.717) is 34.6 Å². The van der Waals surface area contributed by atoms with E-state index in [1.165, 1.54) is 31.0 Å².